The predicted molar refractivity (Wildman–Crippen MR) is 127 cm³/mol. The number of allylic oxidation sites excluding steroid dienone is 2. The average Bonchev–Trinajstić information content (AvgIpc) is 2.77. The van der Waals surface area contributed by atoms with Crippen LogP contribution in [0.5, 0.6) is 0 Å². The first-order valence-electron chi connectivity index (χ1n) is 11.1. The molecule has 1 aliphatic carbocycles. The molecule has 0 radical (unpaired) electrons. The molecule has 166 valence electrons. The van der Waals surface area contributed by atoms with Crippen LogP contribution >= 0.6 is 0 Å². The van der Waals surface area contributed by atoms with Crippen molar-refractivity contribution in [3.63, 3.8) is 0 Å². The first-order valence-corrected chi connectivity index (χ1v) is 11.1. The number of hydrogen-bond acceptors (Lipinski definition) is 4. The summed E-state index contributed by atoms with van der Waals surface area (Å²) in [6.45, 7) is 3.99. The number of nitrogens with zero attached hydrogens (tertiary/aromatic N) is 2. The normalized spacial score (nSPS) is 20.2. The van der Waals surface area contributed by atoms with E-state index in [-0.39, 0.29) is 40.8 Å². The Morgan fingerprint density at radius 1 is 0.939 bits per heavy atom. The molecule has 0 aromatic heterocycles. The van der Waals surface area contributed by atoms with Crippen molar-refractivity contribution in [2.24, 2.45) is 5.41 Å². The molecule has 0 spiro atoms. The Labute approximate surface area is 191 Å². The highest BCUT2D eigenvalue weighted by Crippen LogP contribution is 2.49. The number of anilines is 1. The number of carbonyl (C=O) groups is 2. The van der Waals surface area contributed by atoms with Crippen molar-refractivity contribution in [3.8, 4) is 0 Å². The Morgan fingerprint density at radius 2 is 1.64 bits per heavy atom. The molecule has 3 aromatic carbocycles. The maximum Gasteiger partial charge on any atom is 0.293 e. The Hall–Kier alpha value is -3.80. The van der Waals surface area contributed by atoms with E-state index in [2.05, 4.69) is 0 Å². The number of para-hydroxylation sites is 2. The van der Waals surface area contributed by atoms with Gasteiger partial charge in [-0.05, 0) is 34.2 Å². The molecule has 1 amide bonds. The third-order valence-electron chi connectivity index (χ3n) is 6.64. The zero-order valence-corrected chi connectivity index (χ0v) is 18.6. The monoisotopic (exact) mass is 440 g/mol. The average molecular weight is 440 g/mol. The second-order valence-electron chi connectivity index (χ2n) is 9.64. The predicted octanol–water partition coefficient (Wildman–Crippen LogP) is 5.91. The summed E-state index contributed by atoms with van der Waals surface area (Å²) in [4.78, 5) is 39.7. The second-order valence-corrected chi connectivity index (χ2v) is 9.64. The van der Waals surface area contributed by atoms with Gasteiger partial charge in [0.1, 0.15) is 5.69 Å². The minimum Gasteiger partial charge on any atom is -0.294 e. The summed E-state index contributed by atoms with van der Waals surface area (Å²) in [7, 11) is 0. The van der Waals surface area contributed by atoms with Crippen LogP contribution in [0, 0.1) is 15.5 Å². The van der Waals surface area contributed by atoms with E-state index in [0.717, 1.165) is 16.3 Å². The lowest BCUT2D eigenvalue weighted by Crippen LogP contribution is -2.44. The fraction of sp³-hybridized carbons (Fsp3) is 0.259. The van der Waals surface area contributed by atoms with E-state index in [9.17, 15) is 19.7 Å². The van der Waals surface area contributed by atoms with Gasteiger partial charge in [0.2, 0.25) is 5.91 Å². The molecular weight excluding hydrogens is 416 g/mol. The van der Waals surface area contributed by atoms with Crippen LogP contribution < -0.4 is 4.90 Å². The quantitative estimate of drug-likeness (QED) is 0.374. The van der Waals surface area contributed by atoms with Gasteiger partial charge in [-0.15, -0.1) is 0 Å². The molecule has 1 atom stereocenters. The standard InChI is InChI=1S/C27H24N2O4/c1-27(2)15-23-26(24(30)16-27)20(19-12-11-17-7-3-4-8-18(17)13-19)14-25(31)28(23)21-9-5-6-10-22(21)29(32)33/h3-13,20H,14-16H2,1-2H3. The molecular formula is C27H24N2O4. The number of Topliss-reactive ketones (excluding diaryl/α,β-unsaturated/α-hetero) is 1. The van der Waals surface area contributed by atoms with Crippen LogP contribution in [0.15, 0.2) is 78.0 Å². The van der Waals surface area contributed by atoms with Crippen molar-refractivity contribution >= 4 is 33.8 Å². The number of hydrogen-bond donors (Lipinski definition) is 0. The molecule has 0 bridgehead atoms. The first-order chi connectivity index (χ1) is 15.7. The van der Waals surface area contributed by atoms with Crippen molar-refractivity contribution in [1.29, 1.82) is 0 Å². The van der Waals surface area contributed by atoms with Crippen molar-refractivity contribution in [2.45, 2.75) is 39.0 Å². The number of amides is 1. The van der Waals surface area contributed by atoms with E-state index in [1.165, 1.54) is 11.0 Å². The summed E-state index contributed by atoms with van der Waals surface area (Å²) in [5.74, 6) is -0.582. The van der Waals surface area contributed by atoms with E-state index in [4.69, 9.17) is 0 Å². The Kier molecular flexibility index (Phi) is 4.89. The van der Waals surface area contributed by atoms with Gasteiger partial charge in [0.05, 0.1) is 4.92 Å². The van der Waals surface area contributed by atoms with E-state index in [0.29, 0.717) is 24.1 Å². The van der Waals surface area contributed by atoms with Gasteiger partial charge in [-0.3, -0.25) is 24.6 Å². The number of nitro groups is 1. The topological polar surface area (TPSA) is 80.5 Å². The molecule has 2 aliphatic rings. The number of nitro benzene ring substituents is 1. The lowest BCUT2D eigenvalue weighted by Gasteiger charge is -2.42. The Balaban J connectivity index is 1.72. The zero-order valence-electron chi connectivity index (χ0n) is 18.6. The molecule has 6 nitrogen and oxygen atoms in total. The Bertz CT molecular complexity index is 1350. The number of benzene rings is 3. The van der Waals surface area contributed by atoms with Crippen LogP contribution in [0.4, 0.5) is 11.4 Å². The second kappa shape index (κ2) is 7.66. The summed E-state index contributed by atoms with van der Waals surface area (Å²) in [5, 5.41) is 13.9. The summed E-state index contributed by atoms with van der Waals surface area (Å²) < 4.78 is 0. The van der Waals surface area contributed by atoms with Crippen molar-refractivity contribution < 1.29 is 14.5 Å². The van der Waals surface area contributed by atoms with Crippen LogP contribution in [0.3, 0.4) is 0 Å². The lowest BCUT2D eigenvalue weighted by molar-refractivity contribution is -0.384. The number of carbonyl (C=O) groups excluding carboxylic acids is 2. The van der Waals surface area contributed by atoms with E-state index in [1.54, 1.807) is 18.2 Å². The fourth-order valence-corrected chi connectivity index (χ4v) is 5.21. The number of rotatable bonds is 3. The molecule has 6 heteroatoms. The maximum atomic E-state index is 13.5. The summed E-state index contributed by atoms with van der Waals surface area (Å²) >= 11 is 0. The van der Waals surface area contributed by atoms with E-state index < -0.39 is 4.92 Å². The number of ketones is 1. The molecule has 1 aliphatic heterocycles. The van der Waals surface area contributed by atoms with Crippen molar-refractivity contribution in [2.75, 3.05) is 4.90 Å². The van der Waals surface area contributed by atoms with Crippen LogP contribution in [0.1, 0.15) is 44.6 Å². The molecule has 0 saturated heterocycles. The van der Waals surface area contributed by atoms with Gasteiger partial charge in [-0.1, -0.05) is 68.4 Å². The maximum absolute atomic E-state index is 13.5. The largest absolute Gasteiger partial charge is 0.294 e. The van der Waals surface area contributed by atoms with Gasteiger partial charge in [-0.25, -0.2) is 0 Å². The molecule has 5 rings (SSSR count). The van der Waals surface area contributed by atoms with Crippen LogP contribution in [0.25, 0.3) is 10.8 Å². The highest BCUT2D eigenvalue weighted by molar-refractivity contribution is 6.08. The van der Waals surface area contributed by atoms with Gasteiger partial charge in [0, 0.05) is 36.1 Å². The highest BCUT2D eigenvalue weighted by atomic mass is 16.6. The van der Waals surface area contributed by atoms with Gasteiger partial charge in [0.25, 0.3) is 5.69 Å². The first kappa shape index (κ1) is 21.1. The van der Waals surface area contributed by atoms with Crippen molar-refractivity contribution in [1.82, 2.24) is 0 Å². The minimum absolute atomic E-state index is 0.00972. The molecule has 1 unspecified atom stereocenters. The molecule has 33 heavy (non-hydrogen) atoms. The SMILES string of the molecule is CC1(C)CC(=O)C2=C(C1)N(c1ccccc1[N+](=O)[O-])C(=O)CC2c1ccc2ccccc2c1. The van der Waals surface area contributed by atoms with Crippen molar-refractivity contribution in [3.05, 3.63) is 93.7 Å². The van der Waals surface area contributed by atoms with E-state index >= 15 is 0 Å². The minimum atomic E-state index is -0.478. The summed E-state index contributed by atoms with van der Waals surface area (Å²) in [5.41, 5.74) is 1.87. The zero-order chi connectivity index (χ0) is 23.3. The van der Waals surface area contributed by atoms with E-state index in [1.807, 2.05) is 56.3 Å². The molecule has 1 heterocycles. The third kappa shape index (κ3) is 3.61. The smallest absolute Gasteiger partial charge is 0.293 e. The highest BCUT2D eigenvalue weighted by Gasteiger charge is 2.45. The number of fused-ring (bicyclic) bond motifs is 1. The summed E-state index contributed by atoms with van der Waals surface area (Å²) in [6, 6.07) is 20.3. The Morgan fingerprint density at radius 3 is 2.39 bits per heavy atom. The van der Waals surface area contributed by atoms with Gasteiger partial charge in [0.15, 0.2) is 5.78 Å². The van der Waals surface area contributed by atoms with Gasteiger partial charge >= 0.3 is 0 Å². The molecule has 0 saturated carbocycles. The van der Waals surface area contributed by atoms with Gasteiger partial charge in [-0.2, -0.15) is 0 Å². The fourth-order valence-electron chi connectivity index (χ4n) is 5.21. The van der Waals surface area contributed by atoms with Gasteiger partial charge < -0.3 is 0 Å². The van der Waals surface area contributed by atoms with Crippen LogP contribution in [-0.4, -0.2) is 16.6 Å². The molecule has 3 aromatic rings. The lowest BCUT2D eigenvalue weighted by atomic mass is 9.69. The molecule has 0 fully saturated rings. The van der Waals surface area contributed by atoms with Crippen LogP contribution in [0.2, 0.25) is 0 Å². The summed E-state index contributed by atoms with van der Waals surface area (Å²) in [6.07, 6.45) is 0.972. The molecule has 0 N–H and O–H groups in total. The third-order valence-corrected chi connectivity index (χ3v) is 6.64. The van der Waals surface area contributed by atoms with Crippen LogP contribution in [-0.2, 0) is 9.59 Å².